The first-order chi connectivity index (χ1) is 15.5. The smallest absolute Gasteiger partial charge is 0.337 e. The maximum atomic E-state index is 11.6. The predicted molar refractivity (Wildman–Crippen MR) is 128 cm³/mol. The molecule has 0 atom stereocenters. The highest BCUT2D eigenvalue weighted by Crippen LogP contribution is 2.29. The number of carboxylic acids is 1. The number of rotatable bonds is 7. The Morgan fingerprint density at radius 2 is 1.56 bits per heavy atom. The zero-order valence-corrected chi connectivity index (χ0v) is 18.6. The average molecular weight is 433 g/mol. The number of benzene rings is 3. The summed E-state index contributed by atoms with van der Waals surface area (Å²) in [5.41, 5.74) is 5.07. The van der Waals surface area contributed by atoms with Gasteiger partial charge in [-0.2, -0.15) is 0 Å². The molecule has 1 aliphatic heterocycles. The molecule has 0 aliphatic carbocycles. The van der Waals surface area contributed by atoms with E-state index in [1.807, 2.05) is 24.3 Å². The molecule has 1 fully saturated rings. The van der Waals surface area contributed by atoms with E-state index in [9.17, 15) is 9.90 Å². The molecule has 0 radical (unpaired) electrons. The van der Waals surface area contributed by atoms with Gasteiger partial charge in [0.1, 0.15) is 11.4 Å². The molecule has 1 heterocycles. The van der Waals surface area contributed by atoms with E-state index in [1.165, 1.54) is 51.2 Å². The molecule has 3 aromatic rings. The summed E-state index contributed by atoms with van der Waals surface area (Å²) in [6, 6.07) is 21.8. The fourth-order valence-electron chi connectivity index (χ4n) is 4.20. The number of nitrogens with one attached hydrogen (secondary N) is 2. The molecule has 0 aromatic heterocycles. The number of anilines is 4. The van der Waals surface area contributed by atoms with Crippen LogP contribution >= 0.6 is 0 Å². The lowest BCUT2D eigenvalue weighted by Crippen LogP contribution is -3.08. The van der Waals surface area contributed by atoms with E-state index in [0.29, 0.717) is 11.4 Å². The Labute approximate surface area is 189 Å². The number of quaternary nitrogens is 1. The molecular formula is C26H30N3O3+. The normalized spacial score (nSPS) is 14.1. The number of hydrogen-bond acceptors (Lipinski definition) is 4. The molecule has 0 bridgehead atoms. The summed E-state index contributed by atoms with van der Waals surface area (Å²) in [4.78, 5) is 15.3. The van der Waals surface area contributed by atoms with Crippen LogP contribution in [0.2, 0.25) is 0 Å². The average Bonchev–Trinajstić information content (AvgIpc) is 2.85. The van der Waals surface area contributed by atoms with Gasteiger partial charge in [-0.3, -0.25) is 0 Å². The van der Waals surface area contributed by atoms with Gasteiger partial charge in [0.2, 0.25) is 0 Å². The third kappa shape index (κ3) is 4.86. The third-order valence-electron chi connectivity index (χ3n) is 6.11. The first-order valence-corrected chi connectivity index (χ1v) is 11.0. The standard InChI is InChI=1S/C26H29N3O3/c1-28(21-10-12-22(13-11-21)29-16-4-3-5-17-29)20-8-6-19(7-9-20)27-25-15-14-23(32-2)18-24(25)26(30)31/h6-15,18,27H,3-5,16-17H2,1-2H3,(H,30,31)/p+1. The van der Waals surface area contributed by atoms with Crippen molar-refractivity contribution in [3.63, 3.8) is 0 Å². The topological polar surface area (TPSA) is 66.2 Å². The predicted octanol–water partition coefficient (Wildman–Crippen LogP) is 4.61. The van der Waals surface area contributed by atoms with Gasteiger partial charge >= 0.3 is 5.97 Å². The molecular weight excluding hydrogens is 402 g/mol. The molecule has 6 nitrogen and oxygen atoms in total. The Hall–Kier alpha value is -3.51. The van der Waals surface area contributed by atoms with Crippen LogP contribution in [0.1, 0.15) is 29.6 Å². The highest BCUT2D eigenvalue weighted by Gasteiger charge is 2.16. The quantitative estimate of drug-likeness (QED) is 0.509. The van der Waals surface area contributed by atoms with Crippen molar-refractivity contribution in [1.82, 2.24) is 0 Å². The molecule has 0 saturated carbocycles. The summed E-state index contributed by atoms with van der Waals surface area (Å²) in [6.45, 7) is 2.45. The Kier molecular flexibility index (Phi) is 6.61. The minimum atomic E-state index is -1.00. The summed E-state index contributed by atoms with van der Waals surface area (Å²) < 4.78 is 5.14. The Morgan fingerprint density at radius 1 is 0.938 bits per heavy atom. The van der Waals surface area contributed by atoms with Crippen LogP contribution in [-0.4, -0.2) is 38.3 Å². The minimum Gasteiger partial charge on any atom is -0.497 e. The minimum absolute atomic E-state index is 0.168. The van der Waals surface area contributed by atoms with Crippen molar-refractivity contribution >= 4 is 34.4 Å². The fourth-order valence-corrected chi connectivity index (χ4v) is 4.20. The van der Waals surface area contributed by atoms with Gasteiger partial charge in [0.05, 0.1) is 31.5 Å². The van der Waals surface area contributed by atoms with E-state index in [4.69, 9.17) is 4.74 Å². The molecule has 0 spiro atoms. The number of aromatic carboxylic acids is 1. The number of piperidine rings is 1. The lowest BCUT2D eigenvalue weighted by Gasteiger charge is -2.24. The Balaban J connectivity index is 1.46. The molecule has 32 heavy (non-hydrogen) atoms. The van der Waals surface area contributed by atoms with Crippen LogP contribution in [0.4, 0.5) is 28.4 Å². The van der Waals surface area contributed by atoms with Crippen molar-refractivity contribution in [1.29, 1.82) is 0 Å². The van der Waals surface area contributed by atoms with Gasteiger partial charge in [-0.1, -0.05) is 0 Å². The van der Waals surface area contributed by atoms with Crippen molar-refractivity contribution < 1.29 is 19.5 Å². The first kappa shape index (κ1) is 21.7. The highest BCUT2D eigenvalue weighted by atomic mass is 16.5. The Bertz CT molecular complexity index is 1060. The maximum absolute atomic E-state index is 11.6. The number of hydrogen-bond donors (Lipinski definition) is 3. The summed E-state index contributed by atoms with van der Waals surface area (Å²) >= 11 is 0. The van der Waals surface area contributed by atoms with Crippen LogP contribution < -0.4 is 19.9 Å². The molecule has 1 saturated heterocycles. The van der Waals surface area contributed by atoms with Crippen molar-refractivity contribution in [2.45, 2.75) is 19.3 Å². The lowest BCUT2D eigenvalue weighted by atomic mass is 10.1. The van der Waals surface area contributed by atoms with Crippen LogP contribution in [0.25, 0.3) is 0 Å². The number of carbonyl (C=O) groups is 1. The van der Waals surface area contributed by atoms with E-state index in [1.54, 1.807) is 17.0 Å². The molecule has 1 aliphatic rings. The maximum Gasteiger partial charge on any atom is 0.337 e. The molecule has 3 N–H and O–H groups in total. The fraction of sp³-hybridized carbons (Fsp3) is 0.269. The number of ether oxygens (including phenoxy) is 1. The lowest BCUT2D eigenvalue weighted by molar-refractivity contribution is -0.838. The largest absolute Gasteiger partial charge is 0.497 e. The zero-order valence-electron chi connectivity index (χ0n) is 18.6. The van der Waals surface area contributed by atoms with Gasteiger partial charge in [0.25, 0.3) is 0 Å². The van der Waals surface area contributed by atoms with E-state index in [0.717, 1.165) is 17.1 Å². The summed E-state index contributed by atoms with van der Waals surface area (Å²) in [5, 5.41) is 12.7. The van der Waals surface area contributed by atoms with Crippen molar-refractivity contribution in [3.05, 3.63) is 72.3 Å². The van der Waals surface area contributed by atoms with Gasteiger partial charge in [-0.05, 0) is 73.9 Å². The molecule has 166 valence electrons. The second-order valence-electron chi connectivity index (χ2n) is 8.16. The SMILES string of the molecule is COc1ccc(Nc2ccc(N(C)c3ccc([NH+]4CCCCC4)cc3)cc2)c(C(=O)O)c1. The second kappa shape index (κ2) is 9.75. The monoisotopic (exact) mass is 432 g/mol. The molecule has 4 rings (SSSR count). The number of nitrogens with zero attached hydrogens (tertiary/aromatic N) is 1. The number of methoxy groups -OCH3 is 1. The van der Waals surface area contributed by atoms with Gasteiger partial charge < -0.3 is 25.0 Å². The molecule has 6 heteroatoms. The van der Waals surface area contributed by atoms with Crippen molar-refractivity contribution in [3.8, 4) is 5.75 Å². The van der Waals surface area contributed by atoms with Gasteiger partial charge in [0.15, 0.2) is 0 Å². The molecule has 0 unspecified atom stereocenters. The zero-order chi connectivity index (χ0) is 22.5. The molecule has 0 amide bonds. The summed E-state index contributed by atoms with van der Waals surface area (Å²) in [6.07, 6.45) is 3.97. The first-order valence-electron chi connectivity index (χ1n) is 11.0. The van der Waals surface area contributed by atoms with Gasteiger partial charge in [-0.25, -0.2) is 4.79 Å². The van der Waals surface area contributed by atoms with Crippen LogP contribution in [0.15, 0.2) is 66.7 Å². The third-order valence-corrected chi connectivity index (χ3v) is 6.11. The summed E-state index contributed by atoms with van der Waals surface area (Å²) in [7, 11) is 3.57. The van der Waals surface area contributed by atoms with E-state index in [-0.39, 0.29) is 5.56 Å². The van der Waals surface area contributed by atoms with Gasteiger partial charge in [0, 0.05) is 36.2 Å². The van der Waals surface area contributed by atoms with E-state index in [2.05, 4.69) is 41.5 Å². The van der Waals surface area contributed by atoms with Crippen LogP contribution in [0, 0.1) is 0 Å². The number of carboxylic acid groups (broad SMARTS) is 1. The van der Waals surface area contributed by atoms with E-state index < -0.39 is 5.97 Å². The van der Waals surface area contributed by atoms with E-state index >= 15 is 0 Å². The highest BCUT2D eigenvalue weighted by molar-refractivity contribution is 5.95. The van der Waals surface area contributed by atoms with Crippen LogP contribution in [0.5, 0.6) is 5.75 Å². The second-order valence-corrected chi connectivity index (χ2v) is 8.16. The molecule has 3 aromatic carbocycles. The summed E-state index contributed by atoms with van der Waals surface area (Å²) in [5.74, 6) is -0.490. The Morgan fingerprint density at radius 3 is 2.16 bits per heavy atom. The van der Waals surface area contributed by atoms with Crippen molar-refractivity contribution in [2.75, 3.05) is 37.5 Å². The van der Waals surface area contributed by atoms with Crippen molar-refractivity contribution in [2.24, 2.45) is 0 Å². The van der Waals surface area contributed by atoms with Crippen LogP contribution in [0.3, 0.4) is 0 Å². The van der Waals surface area contributed by atoms with Crippen LogP contribution in [-0.2, 0) is 0 Å². The van der Waals surface area contributed by atoms with Gasteiger partial charge in [-0.15, -0.1) is 0 Å².